The summed E-state index contributed by atoms with van der Waals surface area (Å²) in [5.74, 6) is -0.286. The van der Waals surface area contributed by atoms with Gasteiger partial charge in [-0.15, -0.1) is 0 Å². The Bertz CT molecular complexity index is 340. The molecule has 0 rings (SSSR count). The van der Waals surface area contributed by atoms with Crippen LogP contribution in [0.5, 0.6) is 0 Å². The molecule has 0 aromatic rings. The molecule has 0 saturated heterocycles. The Morgan fingerprint density at radius 2 is 1.76 bits per heavy atom. The minimum atomic E-state index is -1.20. The summed E-state index contributed by atoms with van der Waals surface area (Å²) in [7, 11) is 0. The third kappa shape index (κ3) is 10.1. The number of nitrogens with two attached hydrogens (primary N) is 1. The van der Waals surface area contributed by atoms with Gasteiger partial charge in [-0.1, -0.05) is 13.8 Å². The van der Waals surface area contributed by atoms with Gasteiger partial charge in [0.2, 0.25) is 5.91 Å². The number of aliphatic hydroxyl groups excluding tert-OH is 1. The summed E-state index contributed by atoms with van der Waals surface area (Å²) in [6.45, 7) is 10.6. The number of amides is 2. The first kappa shape index (κ1) is 19.7. The van der Waals surface area contributed by atoms with E-state index in [-0.39, 0.29) is 12.5 Å². The van der Waals surface area contributed by atoms with Crippen LogP contribution in [0.25, 0.3) is 0 Å². The fourth-order valence-electron chi connectivity index (χ4n) is 1.58. The normalized spacial score (nSPS) is 14.6. The van der Waals surface area contributed by atoms with Crippen molar-refractivity contribution in [3.63, 3.8) is 0 Å². The van der Waals surface area contributed by atoms with E-state index < -0.39 is 23.7 Å². The van der Waals surface area contributed by atoms with Crippen molar-refractivity contribution in [2.45, 2.75) is 46.3 Å². The number of hydrogen-bond acceptors (Lipinski definition) is 5. The number of ether oxygens (including phenoxy) is 1. The molecule has 2 amide bonds. The fourth-order valence-corrected chi connectivity index (χ4v) is 1.58. The highest BCUT2D eigenvalue weighted by atomic mass is 16.6. The molecular weight excluding hydrogens is 274 g/mol. The summed E-state index contributed by atoms with van der Waals surface area (Å²) in [6.07, 6.45) is -1.65. The first-order valence-electron chi connectivity index (χ1n) is 7.18. The number of rotatable bonds is 8. The summed E-state index contributed by atoms with van der Waals surface area (Å²) in [5, 5.41) is 15.0. The lowest BCUT2D eigenvalue weighted by Crippen LogP contribution is -2.43. The molecule has 2 atom stereocenters. The van der Waals surface area contributed by atoms with Crippen molar-refractivity contribution in [2.75, 3.05) is 19.6 Å². The van der Waals surface area contributed by atoms with Crippen LogP contribution in [0.3, 0.4) is 0 Å². The Hall–Kier alpha value is -1.34. The molecule has 5 N–H and O–H groups in total. The van der Waals surface area contributed by atoms with Crippen LogP contribution in [-0.2, 0) is 9.53 Å². The van der Waals surface area contributed by atoms with E-state index in [0.717, 1.165) is 0 Å². The maximum atomic E-state index is 11.6. The average Bonchev–Trinajstić information content (AvgIpc) is 2.30. The lowest BCUT2D eigenvalue weighted by molar-refractivity contribution is -0.125. The Morgan fingerprint density at radius 1 is 1.19 bits per heavy atom. The summed E-state index contributed by atoms with van der Waals surface area (Å²) < 4.78 is 5.17. The first-order valence-corrected chi connectivity index (χ1v) is 7.18. The summed E-state index contributed by atoms with van der Waals surface area (Å²) >= 11 is 0. The van der Waals surface area contributed by atoms with Crippen LogP contribution in [-0.4, -0.2) is 48.4 Å². The molecule has 0 spiro atoms. The van der Waals surface area contributed by atoms with Gasteiger partial charge in [0.1, 0.15) is 11.7 Å². The highest BCUT2D eigenvalue weighted by molar-refractivity contribution is 5.78. The van der Waals surface area contributed by atoms with Gasteiger partial charge in [-0.25, -0.2) is 4.79 Å². The molecule has 2 unspecified atom stereocenters. The van der Waals surface area contributed by atoms with Crippen molar-refractivity contribution in [2.24, 2.45) is 17.6 Å². The molecule has 0 bridgehead atoms. The van der Waals surface area contributed by atoms with Crippen LogP contribution in [0.15, 0.2) is 0 Å². The topological polar surface area (TPSA) is 114 Å². The molecule has 0 aliphatic heterocycles. The van der Waals surface area contributed by atoms with Gasteiger partial charge in [0.15, 0.2) is 0 Å². The molecule has 124 valence electrons. The van der Waals surface area contributed by atoms with Gasteiger partial charge in [0.25, 0.3) is 0 Å². The second-order valence-corrected chi connectivity index (χ2v) is 6.46. The summed E-state index contributed by atoms with van der Waals surface area (Å²) in [4.78, 5) is 22.3. The predicted octanol–water partition coefficient (Wildman–Crippen LogP) is 0.219. The molecule has 7 heteroatoms. The zero-order chi connectivity index (χ0) is 16.6. The van der Waals surface area contributed by atoms with Crippen LogP contribution < -0.4 is 16.4 Å². The zero-order valence-corrected chi connectivity index (χ0v) is 13.6. The molecule has 0 saturated carbocycles. The van der Waals surface area contributed by atoms with Gasteiger partial charge in [-0.2, -0.15) is 0 Å². The monoisotopic (exact) mass is 303 g/mol. The van der Waals surface area contributed by atoms with Crippen molar-refractivity contribution < 1.29 is 19.4 Å². The lowest BCUT2D eigenvalue weighted by Gasteiger charge is -2.24. The van der Waals surface area contributed by atoms with Crippen LogP contribution >= 0.6 is 0 Å². The van der Waals surface area contributed by atoms with E-state index >= 15 is 0 Å². The van der Waals surface area contributed by atoms with E-state index in [9.17, 15) is 14.7 Å². The Labute approximate surface area is 126 Å². The Balaban J connectivity index is 4.14. The minimum absolute atomic E-state index is 0.102. The summed E-state index contributed by atoms with van der Waals surface area (Å²) in [6, 6.07) is 0. The van der Waals surface area contributed by atoms with Gasteiger partial charge in [0, 0.05) is 19.6 Å². The van der Waals surface area contributed by atoms with Crippen LogP contribution in [0.4, 0.5) is 4.79 Å². The van der Waals surface area contributed by atoms with Crippen molar-refractivity contribution in [3.8, 4) is 0 Å². The standard InChI is InChI=1S/C14H29N3O4/c1-9(2)10(6-16-8-11(18)12(15)19)7-17-13(20)21-14(3,4)5/h9-11,16,18H,6-8H2,1-5H3,(H2,15,19)(H,17,20). The maximum Gasteiger partial charge on any atom is 0.407 e. The molecular formula is C14H29N3O4. The molecule has 0 aromatic carbocycles. The van der Waals surface area contributed by atoms with E-state index in [2.05, 4.69) is 10.6 Å². The van der Waals surface area contributed by atoms with Gasteiger partial charge < -0.3 is 26.2 Å². The number of carbonyl (C=O) groups excluding carboxylic acids is 2. The smallest absolute Gasteiger partial charge is 0.407 e. The average molecular weight is 303 g/mol. The van der Waals surface area contributed by atoms with Gasteiger partial charge in [0.05, 0.1) is 0 Å². The second-order valence-electron chi connectivity index (χ2n) is 6.46. The largest absolute Gasteiger partial charge is 0.444 e. The Morgan fingerprint density at radius 3 is 2.19 bits per heavy atom. The Kier molecular flexibility index (Phi) is 8.27. The molecule has 0 aromatic heterocycles. The third-order valence-corrected chi connectivity index (χ3v) is 2.92. The van der Waals surface area contributed by atoms with E-state index in [0.29, 0.717) is 19.0 Å². The number of primary amides is 1. The van der Waals surface area contributed by atoms with Gasteiger partial charge in [-0.3, -0.25) is 4.79 Å². The van der Waals surface area contributed by atoms with Crippen LogP contribution in [0.1, 0.15) is 34.6 Å². The number of alkyl carbamates (subject to hydrolysis) is 1. The number of carbonyl (C=O) groups is 2. The molecule has 0 aliphatic carbocycles. The highest BCUT2D eigenvalue weighted by Gasteiger charge is 2.19. The van der Waals surface area contributed by atoms with E-state index in [1.165, 1.54) is 0 Å². The lowest BCUT2D eigenvalue weighted by atomic mass is 9.95. The molecule has 0 radical (unpaired) electrons. The fraction of sp³-hybridized carbons (Fsp3) is 0.857. The van der Waals surface area contributed by atoms with E-state index in [4.69, 9.17) is 10.5 Å². The van der Waals surface area contributed by atoms with Crippen LogP contribution in [0, 0.1) is 11.8 Å². The molecule has 0 heterocycles. The van der Waals surface area contributed by atoms with Gasteiger partial charge >= 0.3 is 6.09 Å². The first-order chi connectivity index (χ1) is 9.53. The molecule has 21 heavy (non-hydrogen) atoms. The maximum absolute atomic E-state index is 11.6. The number of nitrogens with one attached hydrogen (secondary N) is 2. The third-order valence-electron chi connectivity index (χ3n) is 2.92. The zero-order valence-electron chi connectivity index (χ0n) is 13.6. The second kappa shape index (κ2) is 8.84. The molecule has 0 fully saturated rings. The van der Waals surface area contributed by atoms with E-state index in [1.807, 2.05) is 13.8 Å². The quantitative estimate of drug-likeness (QED) is 0.512. The van der Waals surface area contributed by atoms with Gasteiger partial charge in [-0.05, 0) is 32.6 Å². The predicted molar refractivity (Wildman–Crippen MR) is 80.6 cm³/mol. The van der Waals surface area contributed by atoms with Crippen molar-refractivity contribution in [1.29, 1.82) is 0 Å². The van der Waals surface area contributed by atoms with Crippen molar-refractivity contribution in [1.82, 2.24) is 10.6 Å². The minimum Gasteiger partial charge on any atom is -0.444 e. The van der Waals surface area contributed by atoms with E-state index in [1.54, 1.807) is 20.8 Å². The summed E-state index contributed by atoms with van der Waals surface area (Å²) in [5.41, 5.74) is 4.44. The number of aliphatic hydroxyl groups is 1. The highest BCUT2D eigenvalue weighted by Crippen LogP contribution is 2.10. The SMILES string of the molecule is CC(C)C(CNCC(O)C(N)=O)CNC(=O)OC(C)(C)C. The van der Waals surface area contributed by atoms with Crippen molar-refractivity contribution >= 4 is 12.0 Å². The number of hydrogen-bond donors (Lipinski definition) is 4. The van der Waals surface area contributed by atoms with Crippen molar-refractivity contribution in [3.05, 3.63) is 0 Å². The molecule has 7 nitrogen and oxygen atoms in total. The van der Waals surface area contributed by atoms with Crippen LogP contribution in [0.2, 0.25) is 0 Å². The molecule has 0 aliphatic rings.